The summed E-state index contributed by atoms with van der Waals surface area (Å²) in [7, 11) is 0. The Labute approximate surface area is 225 Å². The summed E-state index contributed by atoms with van der Waals surface area (Å²) in [5, 5.41) is 23.4. The van der Waals surface area contributed by atoms with Crippen LogP contribution in [0.2, 0.25) is 0 Å². The Kier molecular flexibility index (Phi) is 10.6. The van der Waals surface area contributed by atoms with Crippen LogP contribution in [0, 0.1) is 17.8 Å². The van der Waals surface area contributed by atoms with E-state index in [0.717, 1.165) is 60.1 Å². The molecule has 1 aromatic rings. The van der Waals surface area contributed by atoms with E-state index < -0.39 is 23.8 Å². The van der Waals surface area contributed by atoms with Gasteiger partial charge in [0.05, 0.1) is 6.10 Å². The van der Waals surface area contributed by atoms with Gasteiger partial charge in [0.1, 0.15) is 5.60 Å². The van der Waals surface area contributed by atoms with Gasteiger partial charge in [-0.2, -0.15) is 13.2 Å². The van der Waals surface area contributed by atoms with Crippen LogP contribution in [0.1, 0.15) is 83.3 Å². The van der Waals surface area contributed by atoms with Crippen LogP contribution in [0.15, 0.2) is 48.1 Å². The van der Waals surface area contributed by atoms with Gasteiger partial charge in [-0.3, -0.25) is 4.79 Å². The molecule has 4 unspecified atom stereocenters. The molecule has 0 spiro atoms. The van der Waals surface area contributed by atoms with Crippen molar-refractivity contribution in [2.24, 2.45) is 17.8 Å². The Balaban J connectivity index is 1.72. The molecule has 1 aromatic carbocycles. The lowest BCUT2D eigenvalue weighted by Gasteiger charge is -2.40. The number of benzene rings is 1. The van der Waals surface area contributed by atoms with Crippen LogP contribution in [-0.4, -0.2) is 46.4 Å². The van der Waals surface area contributed by atoms with Gasteiger partial charge in [-0.25, -0.2) is 0 Å². The van der Waals surface area contributed by atoms with Crippen molar-refractivity contribution in [1.82, 2.24) is 4.90 Å². The third-order valence-electron chi connectivity index (χ3n) is 8.38. The number of aryl methyl sites for hydroxylation is 1. The molecule has 4 nitrogen and oxygen atoms in total. The second-order valence-corrected chi connectivity index (χ2v) is 11.4. The summed E-state index contributed by atoms with van der Waals surface area (Å²) < 4.78 is 40.1. The summed E-state index contributed by atoms with van der Waals surface area (Å²) in [6.07, 6.45) is 6.00. The minimum Gasteiger partial charge on any atom is -0.390 e. The minimum atomic E-state index is -4.92. The number of allylic oxidation sites excluding steroid dienone is 2. The van der Waals surface area contributed by atoms with E-state index in [2.05, 4.69) is 6.92 Å². The molecule has 0 fully saturated rings. The van der Waals surface area contributed by atoms with Gasteiger partial charge in [-0.1, -0.05) is 76.1 Å². The van der Waals surface area contributed by atoms with Crippen molar-refractivity contribution in [2.75, 3.05) is 13.1 Å². The van der Waals surface area contributed by atoms with E-state index in [4.69, 9.17) is 0 Å². The Bertz CT molecular complexity index is 989. The largest absolute Gasteiger partial charge is 0.471 e. The summed E-state index contributed by atoms with van der Waals surface area (Å²) in [5.41, 5.74) is 1.18. The number of aliphatic hydroxyl groups is 2. The lowest BCUT2D eigenvalue weighted by molar-refractivity contribution is -0.185. The molecule has 0 heterocycles. The first-order valence-electron chi connectivity index (χ1n) is 14.2. The van der Waals surface area contributed by atoms with Crippen molar-refractivity contribution in [3.63, 3.8) is 0 Å². The SMILES string of the molecule is CCCC(C)[C@@]1(O)c2ccccc2CCCC(CCCN(CC2=CCC(C)C=C2)C(=O)C(F)(F)F)CC1O. The first-order valence-corrected chi connectivity index (χ1v) is 14.2. The fraction of sp³-hybridized carbons (Fsp3) is 0.645. The van der Waals surface area contributed by atoms with Crippen LogP contribution in [0.3, 0.4) is 0 Å². The third-order valence-corrected chi connectivity index (χ3v) is 8.38. The van der Waals surface area contributed by atoms with E-state index in [0.29, 0.717) is 25.2 Å². The van der Waals surface area contributed by atoms with Crippen LogP contribution in [0.25, 0.3) is 0 Å². The molecule has 0 saturated carbocycles. The van der Waals surface area contributed by atoms with Crippen LogP contribution < -0.4 is 0 Å². The molecular weight excluding hydrogens is 491 g/mol. The number of amides is 1. The van der Waals surface area contributed by atoms with E-state index in [1.807, 2.05) is 56.3 Å². The van der Waals surface area contributed by atoms with Gasteiger partial charge in [0.15, 0.2) is 0 Å². The fourth-order valence-electron chi connectivity index (χ4n) is 6.12. The van der Waals surface area contributed by atoms with Crippen molar-refractivity contribution >= 4 is 5.91 Å². The van der Waals surface area contributed by atoms with Crippen molar-refractivity contribution in [1.29, 1.82) is 0 Å². The van der Waals surface area contributed by atoms with E-state index in [9.17, 15) is 28.2 Å². The lowest BCUT2D eigenvalue weighted by Crippen LogP contribution is -2.46. The highest BCUT2D eigenvalue weighted by molar-refractivity contribution is 5.82. The monoisotopic (exact) mass is 535 g/mol. The Hall–Kier alpha value is -2.12. The first-order chi connectivity index (χ1) is 18.0. The number of hydrogen-bond donors (Lipinski definition) is 2. The lowest BCUT2D eigenvalue weighted by atomic mass is 9.72. The topological polar surface area (TPSA) is 60.8 Å². The molecule has 0 radical (unpaired) electrons. The molecule has 0 aromatic heterocycles. The number of halogens is 3. The molecule has 38 heavy (non-hydrogen) atoms. The standard InChI is InChI=1S/C31H44F3NO3/c1-4-9-23(3)30(38)27-14-6-5-12-26(27)13-7-10-24(20-28(30)36)11-8-19-35(29(37)31(32,33)34)21-25-17-15-22(2)16-18-25/h5-6,12,14-15,17-18,22-24,28,36,38H,4,7-11,13,16,19-21H2,1-3H3/t22?,23?,24?,28?,30-/m1/s1. The Morgan fingerprint density at radius 3 is 2.66 bits per heavy atom. The van der Waals surface area contributed by atoms with E-state index in [1.54, 1.807) is 0 Å². The zero-order valence-electron chi connectivity index (χ0n) is 23.0. The second-order valence-electron chi connectivity index (χ2n) is 11.4. The average Bonchev–Trinajstić information content (AvgIpc) is 2.92. The van der Waals surface area contributed by atoms with Crippen molar-refractivity contribution in [3.8, 4) is 0 Å². The summed E-state index contributed by atoms with van der Waals surface area (Å²) in [6, 6.07) is 7.78. The zero-order valence-corrected chi connectivity index (χ0v) is 23.0. The van der Waals surface area contributed by atoms with Crippen molar-refractivity contribution < 1.29 is 28.2 Å². The molecule has 212 valence electrons. The van der Waals surface area contributed by atoms with Crippen molar-refractivity contribution in [3.05, 3.63) is 59.2 Å². The van der Waals surface area contributed by atoms with Gasteiger partial charge in [0, 0.05) is 13.1 Å². The summed E-state index contributed by atoms with van der Waals surface area (Å²) in [6.45, 7) is 6.02. The van der Waals surface area contributed by atoms with Crippen molar-refractivity contribution in [2.45, 2.75) is 96.4 Å². The van der Waals surface area contributed by atoms with E-state index >= 15 is 0 Å². The molecule has 2 aliphatic carbocycles. The highest BCUT2D eigenvalue weighted by atomic mass is 19.4. The van der Waals surface area contributed by atoms with Gasteiger partial charge in [-0.05, 0) is 79.4 Å². The van der Waals surface area contributed by atoms with Gasteiger partial charge < -0.3 is 15.1 Å². The van der Waals surface area contributed by atoms with Gasteiger partial charge in [0.2, 0.25) is 0 Å². The molecule has 1 amide bonds. The zero-order chi connectivity index (χ0) is 27.9. The normalized spacial score (nSPS) is 26.9. The molecule has 0 aliphatic heterocycles. The van der Waals surface area contributed by atoms with Gasteiger partial charge in [-0.15, -0.1) is 0 Å². The Morgan fingerprint density at radius 1 is 1.26 bits per heavy atom. The molecule has 2 aliphatic rings. The number of rotatable bonds is 9. The predicted molar refractivity (Wildman–Crippen MR) is 144 cm³/mol. The van der Waals surface area contributed by atoms with Crippen LogP contribution in [-0.2, 0) is 16.8 Å². The smallest absolute Gasteiger partial charge is 0.390 e. The van der Waals surface area contributed by atoms with Gasteiger partial charge in [0.25, 0.3) is 0 Å². The third kappa shape index (κ3) is 7.50. The second kappa shape index (κ2) is 13.3. The molecule has 3 rings (SSSR count). The highest BCUT2D eigenvalue weighted by Gasteiger charge is 2.45. The maximum absolute atomic E-state index is 13.4. The van der Waals surface area contributed by atoms with Crippen LogP contribution >= 0.6 is 0 Å². The number of carbonyl (C=O) groups is 1. The summed E-state index contributed by atoms with van der Waals surface area (Å²) >= 11 is 0. The Morgan fingerprint density at radius 2 is 2.00 bits per heavy atom. The summed E-state index contributed by atoms with van der Waals surface area (Å²) in [4.78, 5) is 13.1. The maximum Gasteiger partial charge on any atom is 0.471 e. The number of hydrogen-bond acceptors (Lipinski definition) is 3. The number of fused-ring (bicyclic) bond motifs is 1. The molecule has 7 heteroatoms. The number of alkyl halides is 3. The van der Waals surface area contributed by atoms with Crippen LogP contribution in [0.5, 0.6) is 0 Å². The molecule has 0 saturated heterocycles. The molecule has 2 N–H and O–H groups in total. The fourth-order valence-corrected chi connectivity index (χ4v) is 6.12. The van der Waals surface area contributed by atoms with Crippen LogP contribution in [0.4, 0.5) is 13.2 Å². The number of nitrogens with zero attached hydrogens (tertiary/aromatic N) is 1. The first kappa shape index (κ1) is 30.4. The number of aliphatic hydroxyl groups excluding tert-OH is 1. The summed E-state index contributed by atoms with van der Waals surface area (Å²) in [5.74, 6) is -1.58. The average molecular weight is 536 g/mol. The quantitative estimate of drug-likeness (QED) is 0.370. The number of carbonyl (C=O) groups excluding carboxylic acids is 1. The minimum absolute atomic E-state index is 0.00238. The van der Waals surface area contributed by atoms with E-state index in [-0.39, 0.29) is 24.9 Å². The predicted octanol–water partition coefficient (Wildman–Crippen LogP) is 6.71. The molecular formula is C31H44F3NO3. The van der Waals surface area contributed by atoms with Gasteiger partial charge >= 0.3 is 12.1 Å². The molecule has 0 bridgehead atoms. The maximum atomic E-state index is 13.4. The highest BCUT2D eigenvalue weighted by Crippen LogP contribution is 2.42. The molecule has 5 atom stereocenters. The van der Waals surface area contributed by atoms with E-state index in [1.165, 1.54) is 0 Å².